The highest BCUT2D eigenvalue weighted by molar-refractivity contribution is 5.95. The largest absolute Gasteiger partial charge is 0.453 e. The Kier molecular flexibility index (Phi) is 5.37. The van der Waals surface area contributed by atoms with Gasteiger partial charge in [0.1, 0.15) is 0 Å². The van der Waals surface area contributed by atoms with Crippen LogP contribution in [0.3, 0.4) is 0 Å². The van der Waals surface area contributed by atoms with Gasteiger partial charge in [-0.1, -0.05) is 25.0 Å². The van der Waals surface area contributed by atoms with Gasteiger partial charge in [-0.2, -0.15) is 0 Å². The van der Waals surface area contributed by atoms with E-state index >= 15 is 0 Å². The van der Waals surface area contributed by atoms with E-state index in [0.29, 0.717) is 12.3 Å². The molecule has 0 aliphatic heterocycles. The van der Waals surface area contributed by atoms with Crippen molar-refractivity contribution >= 4 is 17.6 Å². The van der Waals surface area contributed by atoms with E-state index < -0.39 is 6.10 Å². The van der Waals surface area contributed by atoms with Gasteiger partial charge in [-0.3, -0.25) is 9.59 Å². The van der Waals surface area contributed by atoms with Crippen molar-refractivity contribution in [1.29, 1.82) is 0 Å². The molecule has 1 fully saturated rings. The summed E-state index contributed by atoms with van der Waals surface area (Å²) in [6.45, 7) is 3.57. The normalized spacial score (nSPS) is 16.5. The van der Waals surface area contributed by atoms with Crippen molar-refractivity contribution in [2.75, 3.05) is 5.32 Å². The topological polar surface area (TPSA) is 55.4 Å². The molecule has 21 heavy (non-hydrogen) atoms. The predicted octanol–water partition coefficient (Wildman–Crippen LogP) is 3.45. The van der Waals surface area contributed by atoms with Crippen LogP contribution >= 0.6 is 0 Å². The summed E-state index contributed by atoms with van der Waals surface area (Å²) < 4.78 is 5.23. The minimum Gasteiger partial charge on any atom is -0.453 e. The number of hydrogen-bond donors (Lipinski definition) is 1. The molecule has 1 aromatic rings. The number of amides is 1. The highest BCUT2D eigenvalue weighted by Gasteiger charge is 2.23. The third-order valence-electron chi connectivity index (χ3n) is 3.89. The van der Waals surface area contributed by atoms with Crippen molar-refractivity contribution in [3.05, 3.63) is 29.8 Å². The number of hydrogen-bond acceptors (Lipinski definition) is 3. The lowest BCUT2D eigenvalue weighted by Gasteiger charge is -2.15. The van der Waals surface area contributed by atoms with Crippen LogP contribution in [0, 0.1) is 12.8 Å². The van der Waals surface area contributed by atoms with E-state index in [-0.39, 0.29) is 11.9 Å². The molecule has 4 heteroatoms. The second-order valence-corrected chi connectivity index (χ2v) is 5.85. The first-order chi connectivity index (χ1) is 10.0. The van der Waals surface area contributed by atoms with E-state index in [4.69, 9.17) is 4.74 Å². The Balaban J connectivity index is 1.80. The molecule has 0 aromatic heterocycles. The van der Waals surface area contributed by atoms with Gasteiger partial charge < -0.3 is 10.1 Å². The molecule has 0 unspecified atom stereocenters. The molecule has 1 atom stereocenters. The molecule has 0 radical (unpaired) electrons. The second kappa shape index (κ2) is 7.25. The van der Waals surface area contributed by atoms with E-state index in [1.807, 2.05) is 31.2 Å². The minimum absolute atomic E-state index is 0.270. The monoisotopic (exact) mass is 289 g/mol. The lowest BCUT2D eigenvalue weighted by molar-refractivity contribution is -0.154. The van der Waals surface area contributed by atoms with Gasteiger partial charge in [-0.05, 0) is 50.3 Å². The summed E-state index contributed by atoms with van der Waals surface area (Å²) in [6, 6.07) is 7.53. The smallest absolute Gasteiger partial charge is 0.306 e. The number of anilines is 1. The van der Waals surface area contributed by atoms with Crippen molar-refractivity contribution in [3.63, 3.8) is 0 Å². The van der Waals surface area contributed by atoms with Crippen molar-refractivity contribution in [2.24, 2.45) is 5.92 Å². The van der Waals surface area contributed by atoms with E-state index in [1.54, 1.807) is 6.92 Å². The third-order valence-corrected chi connectivity index (χ3v) is 3.89. The Bertz CT molecular complexity index is 507. The lowest BCUT2D eigenvalue weighted by atomic mass is 10.0. The zero-order valence-corrected chi connectivity index (χ0v) is 12.7. The molecular weight excluding hydrogens is 266 g/mol. The van der Waals surface area contributed by atoms with Gasteiger partial charge in [-0.25, -0.2) is 0 Å². The molecule has 0 spiro atoms. The Morgan fingerprint density at radius 2 is 2.05 bits per heavy atom. The molecule has 4 nitrogen and oxygen atoms in total. The summed E-state index contributed by atoms with van der Waals surface area (Å²) >= 11 is 0. The number of ether oxygens (including phenoxy) is 1. The molecule has 0 saturated heterocycles. The summed E-state index contributed by atoms with van der Waals surface area (Å²) in [5.74, 6) is -0.126. The fourth-order valence-electron chi connectivity index (χ4n) is 2.72. The third kappa shape index (κ3) is 4.88. The molecule has 1 saturated carbocycles. The number of nitrogens with one attached hydrogen (secondary N) is 1. The highest BCUT2D eigenvalue weighted by atomic mass is 16.5. The van der Waals surface area contributed by atoms with Crippen molar-refractivity contribution < 1.29 is 14.3 Å². The number of carbonyl (C=O) groups excluding carboxylic acids is 2. The maximum Gasteiger partial charge on any atom is 0.306 e. The van der Waals surface area contributed by atoms with Crippen LogP contribution in [0.25, 0.3) is 0 Å². The van der Waals surface area contributed by atoms with Gasteiger partial charge in [0, 0.05) is 12.1 Å². The van der Waals surface area contributed by atoms with Gasteiger partial charge in [0.25, 0.3) is 5.91 Å². The van der Waals surface area contributed by atoms with Crippen molar-refractivity contribution in [2.45, 2.75) is 52.1 Å². The molecule has 0 bridgehead atoms. The molecule has 2 rings (SSSR count). The summed E-state index contributed by atoms with van der Waals surface area (Å²) in [5, 5.41) is 2.77. The first-order valence-electron chi connectivity index (χ1n) is 7.61. The number of benzene rings is 1. The second-order valence-electron chi connectivity index (χ2n) is 5.85. The molecule has 114 valence electrons. The van der Waals surface area contributed by atoms with E-state index in [9.17, 15) is 9.59 Å². The number of esters is 1. The summed E-state index contributed by atoms with van der Waals surface area (Å²) in [5.41, 5.74) is 1.79. The molecule has 1 N–H and O–H groups in total. The highest BCUT2D eigenvalue weighted by Crippen LogP contribution is 2.27. The van der Waals surface area contributed by atoms with Gasteiger partial charge in [0.2, 0.25) is 0 Å². The van der Waals surface area contributed by atoms with Crippen LogP contribution < -0.4 is 5.32 Å². The predicted molar refractivity (Wildman–Crippen MR) is 81.9 cm³/mol. The first-order valence-corrected chi connectivity index (χ1v) is 7.61. The minimum atomic E-state index is -0.764. The average molecular weight is 289 g/mol. The van der Waals surface area contributed by atoms with Crippen LogP contribution in [-0.4, -0.2) is 18.0 Å². The van der Waals surface area contributed by atoms with Gasteiger partial charge in [0.05, 0.1) is 0 Å². The van der Waals surface area contributed by atoms with Crippen molar-refractivity contribution in [1.82, 2.24) is 0 Å². The molecule has 1 aliphatic carbocycles. The molecular formula is C17H23NO3. The van der Waals surface area contributed by atoms with Crippen LogP contribution in [-0.2, 0) is 14.3 Å². The van der Waals surface area contributed by atoms with Gasteiger partial charge >= 0.3 is 5.97 Å². The van der Waals surface area contributed by atoms with E-state index in [2.05, 4.69) is 5.32 Å². The zero-order chi connectivity index (χ0) is 15.2. The maximum absolute atomic E-state index is 12.0. The fraction of sp³-hybridized carbons (Fsp3) is 0.529. The van der Waals surface area contributed by atoms with E-state index in [0.717, 1.165) is 24.1 Å². The van der Waals surface area contributed by atoms with Crippen LogP contribution in [0.15, 0.2) is 24.3 Å². The van der Waals surface area contributed by atoms with Crippen molar-refractivity contribution in [3.8, 4) is 0 Å². The van der Waals surface area contributed by atoms with Crippen LogP contribution in [0.1, 0.15) is 44.6 Å². The van der Waals surface area contributed by atoms with Crippen LogP contribution in [0.5, 0.6) is 0 Å². The average Bonchev–Trinajstić information content (AvgIpc) is 2.91. The lowest BCUT2D eigenvalue weighted by Crippen LogP contribution is -2.30. The Labute approximate surface area is 125 Å². The number of carbonyl (C=O) groups is 2. The molecule has 1 aliphatic rings. The Morgan fingerprint density at radius 1 is 1.33 bits per heavy atom. The maximum atomic E-state index is 12.0. The number of aryl methyl sites for hydroxylation is 1. The van der Waals surface area contributed by atoms with Crippen LogP contribution in [0.4, 0.5) is 5.69 Å². The number of rotatable bonds is 5. The SMILES string of the molecule is Cc1cccc(NC(=O)[C@@H](C)OC(=O)CC2CCCC2)c1. The summed E-state index contributed by atoms with van der Waals surface area (Å²) in [7, 11) is 0. The van der Waals surface area contributed by atoms with Crippen LogP contribution in [0.2, 0.25) is 0 Å². The first kappa shape index (κ1) is 15.5. The molecule has 0 heterocycles. The summed E-state index contributed by atoms with van der Waals surface area (Å²) in [4.78, 5) is 23.8. The van der Waals surface area contributed by atoms with E-state index in [1.165, 1.54) is 12.8 Å². The Morgan fingerprint density at radius 3 is 2.71 bits per heavy atom. The quantitative estimate of drug-likeness (QED) is 0.845. The summed E-state index contributed by atoms with van der Waals surface area (Å²) in [6.07, 6.45) is 4.25. The van der Waals surface area contributed by atoms with Gasteiger partial charge in [0.15, 0.2) is 6.10 Å². The Hall–Kier alpha value is -1.84. The standard InChI is InChI=1S/C17H23NO3/c1-12-6-5-9-15(10-12)18-17(20)13(2)21-16(19)11-14-7-3-4-8-14/h5-6,9-10,13-14H,3-4,7-8,11H2,1-2H3,(H,18,20)/t13-/m1/s1. The molecule has 1 amide bonds. The zero-order valence-electron chi connectivity index (χ0n) is 12.7. The fourth-order valence-corrected chi connectivity index (χ4v) is 2.72. The molecule has 1 aromatic carbocycles. The van der Waals surface area contributed by atoms with Gasteiger partial charge in [-0.15, -0.1) is 0 Å².